The van der Waals surface area contributed by atoms with Gasteiger partial charge in [-0.3, -0.25) is 29.7 Å². The van der Waals surface area contributed by atoms with Crippen molar-refractivity contribution >= 4 is 40.7 Å². The lowest BCUT2D eigenvalue weighted by Gasteiger charge is -2.39. The Kier molecular flexibility index (Phi) is 5.95. The Morgan fingerprint density at radius 1 is 1.29 bits per heavy atom. The molecular formula is C18H23ClN6O3. The fourth-order valence-corrected chi connectivity index (χ4v) is 4.21. The third-order valence-electron chi connectivity index (χ3n) is 5.54. The standard InChI is InChI=1S/C18H23ClN6O3/c1-21-16(27)14-18(17(20)28,24-9-23-14)11-4-2-10(3-5-11)15(26)25-13-8-22-7-6-12(13)19/h6-8,10-11,24H,2-5,9H2,1H3,(H2,20,28)(H,21,27)(H,25,26). The van der Waals surface area contributed by atoms with Crippen LogP contribution >= 0.6 is 11.6 Å². The molecule has 1 aliphatic heterocycles. The number of hydrogen-bond donors (Lipinski definition) is 4. The van der Waals surface area contributed by atoms with Crippen molar-refractivity contribution in [3.8, 4) is 0 Å². The molecule has 9 nitrogen and oxygen atoms in total. The fraction of sp³-hybridized carbons (Fsp3) is 0.500. The molecule has 1 saturated carbocycles. The molecule has 1 aromatic heterocycles. The molecule has 0 spiro atoms. The van der Waals surface area contributed by atoms with Gasteiger partial charge in [-0.05, 0) is 37.7 Å². The molecule has 0 aromatic carbocycles. The van der Waals surface area contributed by atoms with Crippen molar-refractivity contribution in [2.45, 2.75) is 31.2 Å². The third-order valence-corrected chi connectivity index (χ3v) is 5.87. The summed E-state index contributed by atoms with van der Waals surface area (Å²) in [7, 11) is 1.49. The SMILES string of the molecule is CNC(=O)C1=NCNC1(C(N)=O)C1CCC(C(=O)Nc2cnccc2Cl)CC1. The van der Waals surface area contributed by atoms with Crippen LogP contribution in [0.15, 0.2) is 23.5 Å². The summed E-state index contributed by atoms with van der Waals surface area (Å²) >= 11 is 6.06. The van der Waals surface area contributed by atoms with E-state index >= 15 is 0 Å². The maximum atomic E-state index is 12.6. The molecule has 0 saturated heterocycles. The Morgan fingerprint density at radius 3 is 2.61 bits per heavy atom. The van der Waals surface area contributed by atoms with Gasteiger partial charge >= 0.3 is 0 Å². The zero-order valence-electron chi connectivity index (χ0n) is 15.5. The highest BCUT2D eigenvalue weighted by Gasteiger charge is 2.54. The van der Waals surface area contributed by atoms with Gasteiger partial charge in [-0.1, -0.05) is 11.6 Å². The maximum Gasteiger partial charge on any atom is 0.267 e. The number of aliphatic imine (C=N–C) groups is 1. The number of pyridine rings is 1. The second-order valence-corrected chi connectivity index (χ2v) is 7.39. The van der Waals surface area contributed by atoms with Crippen molar-refractivity contribution < 1.29 is 14.4 Å². The summed E-state index contributed by atoms with van der Waals surface area (Å²) in [6, 6.07) is 1.61. The van der Waals surface area contributed by atoms with Crippen molar-refractivity contribution in [3.63, 3.8) is 0 Å². The third kappa shape index (κ3) is 3.59. The number of carbonyl (C=O) groups excluding carboxylic acids is 3. The average Bonchev–Trinajstić information content (AvgIpc) is 3.15. The Bertz CT molecular complexity index is 821. The molecule has 1 unspecified atom stereocenters. The number of halogens is 1. The van der Waals surface area contributed by atoms with Crippen LogP contribution < -0.4 is 21.7 Å². The van der Waals surface area contributed by atoms with Crippen LogP contribution in [0.25, 0.3) is 0 Å². The number of nitrogens with zero attached hydrogens (tertiary/aromatic N) is 2. The van der Waals surface area contributed by atoms with Gasteiger partial charge in [0.1, 0.15) is 11.3 Å². The van der Waals surface area contributed by atoms with Gasteiger partial charge in [0, 0.05) is 19.2 Å². The molecule has 1 aliphatic carbocycles. The van der Waals surface area contributed by atoms with E-state index in [1.54, 1.807) is 12.3 Å². The van der Waals surface area contributed by atoms with Gasteiger partial charge in [0.15, 0.2) is 0 Å². The predicted molar refractivity (Wildman–Crippen MR) is 105 cm³/mol. The van der Waals surface area contributed by atoms with E-state index in [4.69, 9.17) is 17.3 Å². The van der Waals surface area contributed by atoms with Crippen LogP contribution in [0, 0.1) is 11.8 Å². The first-order valence-electron chi connectivity index (χ1n) is 9.12. The van der Waals surface area contributed by atoms with Crippen LogP contribution in [-0.2, 0) is 14.4 Å². The van der Waals surface area contributed by atoms with E-state index in [1.807, 2.05) is 0 Å². The first-order chi connectivity index (χ1) is 13.4. The van der Waals surface area contributed by atoms with Crippen molar-refractivity contribution in [1.29, 1.82) is 0 Å². The first kappa shape index (κ1) is 20.2. The van der Waals surface area contributed by atoms with Crippen LogP contribution in [0.4, 0.5) is 5.69 Å². The molecule has 150 valence electrons. The topological polar surface area (TPSA) is 139 Å². The van der Waals surface area contributed by atoms with Crippen LogP contribution in [0.1, 0.15) is 25.7 Å². The Morgan fingerprint density at radius 2 is 2.00 bits per heavy atom. The second kappa shape index (κ2) is 8.24. The molecule has 5 N–H and O–H groups in total. The molecule has 10 heteroatoms. The largest absolute Gasteiger partial charge is 0.368 e. The van der Waals surface area contributed by atoms with E-state index in [2.05, 4.69) is 25.9 Å². The molecule has 28 heavy (non-hydrogen) atoms. The summed E-state index contributed by atoms with van der Waals surface area (Å²) < 4.78 is 0. The molecule has 0 bridgehead atoms. The van der Waals surface area contributed by atoms with Gasteiger partial charge in [-0.25, -0.2) is 0 Å². The lowest BCUT2D eigenvalue weighted by molar-refractivity contribution is -0.126. The van der Waals surface area contributed by atoms with Gasteiger partial charge in [0.25, 0.3) is 5.91 Å². The molecule has 1 atom stereocenters. The van der Waals surface area contributed by atoms with Crippen molar-refractivity contribution in [2.75, 3.05) is 19.0 Å². The lowest BCUT2D eigenvalue weighted by Crippen LogP contribution is -2.65. The highest BCUT2D eigenvalue weighted by molar-refractivity contribution is 6.47. The van der Waals surface area contributed by atoms with Gasteiger partial charge in [-0.2, -0.15) is 0 Å². The quantitative estimate of drug-likeness (QED) is 0.562. The first-order valence-corrected chi connectivity index (χ1v) is 9.50. The van der Waals surface area contributed by atoms with Crippen LogP contribution in [-0.4, -0.2) is 47.7 Å². The van der Waals surface area contributed by atoms with E-state index < -0.39 is 17.4 Å². The Balaban J connectivity index is 1.69. The summed E-state index contributed by atoms with van der Waals surface area (Å²) in [6.45, 7) is 0.158. The maximum absolute atomic E-state index is 12.6. The Hall–Kier alpha value is -2.52. The number of amides is 3. The van der Waals surface area contributed by atoms with Crippen molar-refractivity contribution in [1.82, 2.24) is 15.6 Å². The summed E-state index contributed by atoms with van der Waals surface area (Å²) in [5.41, 5.74) is 4.99. The summed E-state index contributed by atoms with van der Waals surface area (Å²) in [5, 5.41) is 8.77. The van der Waals surface area contributed by atoms with Gasteiger partial charge < -0.3 is 16.4 Å². The normalized spacial score (nSPS) is 27.0. The smallest absolute Gasteiger partial charge is 0.267 e. The second-order valence-electron chi connectivity index (χ2n) is 6.99. The van der Waals surface area contributed by atoms with E-state index in [9.17, 15) is 14.4 Å². The lowest BCUT2D eigenvalue weighted by atomic mass is 9.69. The highest BCUT2D eigenvalue weighted by Crippen LogP contribution is 2.38. The number of primary amides is 1. The summed E-state index contributed by atoms with van der Waals surface area (Å²) in [6.07, 6.45) is 5.29. The van der Waals surface area contributed by atoms with Crippen molar-refractivity contribution in [2.24, 2.45) is 22.6 Å². The number of anilines is 1. The number of rotatable bonds is 5. The minimum Gasteiger partial charge on any atom is -0.368 e. The monoisotopic (exact) mass is 406 g/mol. The van der Waals surface area contributed by atoms with E-state index in [1.165, 1.54) is 13.2 Å². The predicted octanol–water partition coefficient (Wildman–Crippen LogP) is 0.452. The van der Waals surface area contributed by atoms with Gasteiger partial charge in [0.05, 0.1) is 23.6 Å². The number of nitrogens with one attached hydrogen (secondary N) is 3. The average molecular weight is 407 g/mol. The molecule has 1 fully saturated rings. The number of carbonyl (C=O) groups is 3. The number of aromatic nitrogens is 1. The van der Waals surface area contributed by atoms with E-state index in [0.717, 1.165) is 0 Å². The van der Waals surface area contributed by atoms with Crippen LogP contribution in [0.3, 0.4) is 0 Å². The fourth-order valence-electron chi connectivity index (χ4n) is 4.06. The summed E-state index contributed by atoms with van der Waals surface area (Å²) in [5.74, 6) is -1.62. The van der Waals surface area contributed by atoms with E-state index in [0.29, 0.717) is 36.4 Å². The Labute approximate surface area is 167 Å². The van der Waals surface area contributed by atoms with Gasteiger partial charge in [0.2, 0.25) is 11.8 Å². The van der Waals surface area contributed by atoms with Crippen LogP contribution in [0.5, 0.6) is 0 Å². The molecule has 3 rings (SSSR count). The molecule has 2 aliphatic rings. The zero-order valence-corrected chi connectivity index (χ0v) is 16.3. The molecule has 0 radical (unpaired) electrons. The van der Waals surface area contributed by atoms with Crippen LogP contribution in [0.2, 0.25) is 5.02 Å². The van der Waals surface area contributed by atoms with E-state index in [-0.39, 0.29) is 30.1 Å². The van der Waals surface area contributed by atoms with Gasteiger partial charge in [-0.15, -0.1) is 0 Å². The molecular weight excluding hydrogens is 384 g/mol. The molecule has 3 amide bonds. The zero-order chi connectivity index (χ0) is 20.3. The molecule has 2 heterocycles. The highest BCUT2D eigenvalue weighted by atomic mass is 35.5. The number of nitrogens with two attached hydrogens (primary N) is 1. The molecule has 1 aromatic rings. The van der Waals surface area contributed by atoms with Crippen molar-refractivity contribution in [3.05, 3.63) is 23.5 Å². The minimum atomic E-state index is -1.30. The number of hydrogen-bond acceptors (Lipinski definition) is 6. The summed E-state index contributed by atoms with van der Waals surface area (Å²) in [4.78, 5) is 45.3. The minimum absolute atomic E-state index is 0.123.